The van der Waals surface area contributed by atoms with E-state index in [1.165, 1.54) is 18.2 Å². The van der Waals surface area contributed by atoms with Crippen molar-refractivity contribution in [2.45, 2.75) is 0 Å². The molecule has 0 saturated carbocycles. The number of rotatable bonds is 2. The SMILES string of the molecule is O=C(NC(=S)Nc1c(F)cc(F)cc1Br)c1cccc(F)c1. The number of amides is 1. The molecule has 2 rings (SSSR count). The van der Waals surface area contributed by atoms with E-state index in [0.29, 0.717) is 6.07 Å². The topological polar surface area (TPSA) is 41.1 Å². The van der Waals surface area contributed by atoms with E-state index in [1.54, 1.807) is 0 Å². The van der Waals surface area contributed by atoms with Gasteiger partial charge in [-0.1, -0.05) is 6.07 Å². The highest BCUT2D eigenvalue weighted by Crippen LogP contribution is 2.26. The van der Waals surface area contributed by atoms with Crippen LogP contribution in [0, 0.1) is 17.5 Å². The molecule has 3 nitrogen and oxygen atoms in total. The molecule has 0 aromatic heterocycles. The molecule has 2 aromatic rings. The Morgan fingerprint density at radius 3 is 2.45 bits per heavy atom. The summed E-state index contributed by atoms with van der Waals surface area (Å²) in [7, 11) is 0. The normalized spacial score (nSPS) is 10.2. The van der Waals surface area contributed by atoms with Crippen molar-refractivity contribution in [3.05, 3.63) is 63.9 Å². The first-order chi connectivity index (χ1) is 10.4. The maximum absolute atomic E-state index is 13.6. The summed E-state index contributed by atoms with van der Waals surface area (Å²) in [5.74, 6) is -2.87. The van der Waals surface area contributed by atoms with Crippen molar-refractivity contribution in [1.29, 1.82) is 0 Å². The number of thiocarbonyl (C=S) groups is 1. The van der Waals surface area contributed by atoms with Crippen molar-refractivity contribution in [3.63, 3.8) is 0 Å². The van der Waals surface area contributed by atoms with Gasteiger partial charge in [-0.05, 0) is 52.4 Å². The van der Waals surface area contributed by atoms with Crippen LogP contribution in [0.15, 0.2) is 40.9 Å². The van der Waals surface area contributed by atoms with Crippen LogP contribution in [0.4, 0.5) is 18.9 Å². The van der Waals surface area contributed by atoms with E-state index < -0.39 is 23.4 Å². The van der Waals surface area contributed by atoms with Crippen LogP contribution in [0.5, 0.6) is 0 Å². The van der Waals surface area contributed by atoms with Crippen molar-refractivity contribution >= 4 is 44.9 Å². The number of carbonyl (C=O) groups is 1. The molecule has 2 N–H and O–H groups in total. The van der Waals surface area contributed by atoms with Gasteiger partial charge in [-0.3, -0.25) is 10.1 Å². The lowest BCUT2D eigenvalue weighted by Gasteiger charge is -2.12. The van der Waals surface area contributed by atoms with Gasteiger partial charge >= 0.3 is 0 Å². The molecule has 0 spiro atoms. The van der Waals surface area contributed by atoms with Crippen LogP contribution in [-0.4, -0.2) is 11.0 Å². The van der Waals surface area contributed by atoms with Gasteiger partial charge in [-0.25, -0.2) is 13.2 Å². The minimum atomic E-state index is -0.880. The number of carbonyl (C=O) groups excluding carboxylic acids is 1. The maximum atomic E-state index is 13.6. The highest BCUT2D eigenvalue weighted by molar-refractivity contribution is 9.10. The molecule has 0 aliphatic heterocycles. The number of hydrogen-bond acceptors (Lipinski definition) is 2. The van der Waals surface area contributed by atoms with Gasteiger partial charge < -0.3 is 5.32 Å². The van der Waals surface area contributed by atoms with Crippen molar-refractivity contribution in [1.82, 2.24) is 5.32 Å². The summed E-state index contributed by atoms with van der Waals surface area (Å²) in [6, 6.07) is 6.71. The third kappa shape index (κ3) is 4.05. The first kappa shape index (κ1) is 16.4. The lowest BCUT2D eigenvalue weighted by molar-refractivity contribution is 0.0977. The summed E-state index contributed by atoms with van der Waals surface area (Å²) in [5, 5.41) is 4.50. The Balaban J connectivity index is 2.09. The highest BCUT2D eigenvalue weighted by atomic mass is 79.9. The van der Waals surface area contributed by atoms with E-state index in [0.717, 1.165) is 12.1 Å². The molecule has 0 atom stereocenters. The molecule has 0 radical (unpaired) electrons. The highest BCUT2D eigenvalue weighted by Gasteiger charge is 2.13. The van der Waals surface area contributed by atoms with Crippen LogP contribution in [0.25, 0.3) is 0 Å². The van der Waals surface area contributed by atoms with Gasteiger partial charge in [-0.15, -0.1) is 0 Å². The van der Waals surface area contributed by atoms with Crippen LogP contribution in [0.2, 0.25) is 0 Å². The molecular weight excluding hydrogens is 381 g/mol. The fourth-order valence-electron chi connectivity index (χ4n) is 1.61. The summed E-state index contributed by atoms with van der Waals surface area (Å²) >= 11 is 7.86. The zero-order valence-corrected chi connectivity index (χ0v) is 13.2. The molecule has 0 saturated heterocycles. The summed E-state index contributed by atoms with van der Waals surface area (Å²) in [5.41, 5.74) is -0.0614. The predicted octanol–water partition coefficient (Wildman–Crippen LogP) is 3.99. The average Bonchev–Trinajstić information content (AvgIpc) is 2.42. The molecule has 1 amide bonds. The van der Waals surface area contributed by atoms with Crippen molar-refractivity contribution in [2.75, 3.05) is 5.32 Å². The van der Waals surface area contributed by atoms with Gasteiger partial charge in [0.2, 0.25) is 0 Å². The average molecular weight is 389 g/mol. The first-order valence-corrected chi connectivity index (χ1v) is 7.09. The summed E-state index contributed by atoms with van der Waals surface area (Å²) in [4.78, 5) is 11.9. The molecule has 0 bridgehead atoms. The van der Waals surface area contributed by atoms with Crippen molar-refractivity contribution < 1.29 is 18.0 Å². The van der Waals surface area contributed by atoms with Gasteiger partial charge in [0.05, 0.1) is 5.69 Å². The standard InChI is InChI=1S/C14H8BrF3N2OS/c15-10-5-9(17)6-11(18)12(10)19-14(22)20-13(21)7-2-1-3-8(16)4-7/h1-6H,(H2,19,20,21,22). The smallest absolute Gasteiger partial charge is 0.257 e. The van der Waals surface area contributed by atoms with E-state index in [2.05, 4.69) is 26.6 Å². The van der Waals surface area contributed by atoms with Gasteiger partial charge in [0.1, 0.15) is 11.6 Å². The van der Waals surface area contributed by atoms with Crippen molar-refractivity contribution in [3.8, 4) is 0 Å². The van der Waals surface area contributed by atoms with E-state index in [-0.39, 0.29) is 20.8 Å². The second-order valence-corrected chi connectivity index (χ2v) is 5.43. The monoisotopic (exact) mass is 388 g/mol. The van der Waals surface area contributed by atoms with Crippen LogP contribution in [-0.2, 0) is 0 Å². The quantitative estimate of drug-likeness (QED) is 0.764. The number of nitrogens with one attached hydrogen (secondary N) is 2. The number of anilines is 1. The molecule has 0 heterocycles. The lowest BCUT2D eigenvalue weighted by atomic mass is 10.2. The van der Waals surface area contributed by atoms with Crippen LogP contribution < -0.4 is 10.6 Å². The Hall–Kier alpha value is -1.93. The van der Waals surface area contributed by atoms with E-state index in [9.17, 15) is 18.0 Å². The third-order valence-corrected chi connectivity index (χ3v) is 3.39. The molecule has 114 valence electrons. The molecular formula is C14H8BrF3N2OS. The Kier molecular flexibility index (Phi) is 5.15. The predicted molar refractivity (Wildman–Crippen MR) is 84.1 cm³/mol. The van der Waals surface area contributed by atoms with Crippen LogP contribution >= 0.6 is 28.1 Å². The zero-order valence-electron chi connectivity index (χ0n) is 10.8. The van der Waals surface area contributed by atoms with Crippen molar-refractivity contribution in [2.24, 2.45) is 0 Å². The third-order valence-electron chi connectivity index (χ3n) is 2.56. The second-order valence-electron chi connectivity index (χ2n) is 4.16. The number of benzene rings is 2. The molecule has 22 heavy (non-hydrogen) atoms. The van der Waals surface area contributed by atoms with Gasteiger partial charge in [-0.2, -0.15) is 0 Å². The minimum absolute atomic E-state index is 0.0581. The fraction of sp³-hybridized carbons (Fsp3) is 0. The summed E-state index contributed by atoms with van der Waals surface area (Å²) in [6.45, 7) is 0. The molecule has 8 heteroatoms. The van der Waals surface area contributed by atoms with E-state index >= 15 is 0 Å². The summed E-state index contributed by atoms with van der Waals surface area (Å²) in [6.07, 6.45) is 0. The largest absolute Gasteiger partial charge is 0.329 e. The van der Waals surface area contributed by atoms with Crippen LogP contribution in [0.3, 0.4) is 0 Å². The van der Waals surface area contributed by atoms with Crippen LogP contribution in [0.1, 0.15) is 10.4 Å². The Bertz CT molecular complexity index is 732. The van der Waals surface area contributed by atoms with Gasteiger partial charge in [0, 0.05) is 16.1 Å². The second kappa shape index (κ2) is 6.89. The molecule has 0 fully saturated rings. The van der Waals surface area contributed by atoms with E-state index in [1.807, 2.05) is 0 Å². The molecule has 0 unspecified atom stereocenters. The summed E-state index contributed by atoms with van der Waals surface area (Å²) < 4.78 is 39.7. The Morgan fingerprint density at radius 1 is 1.09 bits per heavy atom. The lowest BCUT2D eigenvalue weighted by Crippen LogP contribution is -2.34. The minimum Gasteiger partial charge on any atom is -0.329 e. The van der Waals surface area contributed by atoms with Gasteiger partial charge in [0.25, 0.3) is 5.91 Å². The molecule has 2 aromatic carbocycles. The maximum Gasteiger partial charge on any atom is 0.257 e. The fourth-order valence-corrected chi connectivity index (χ4v) is 2.31. The Labute approximate surface area is 137 Å². The number of hydrogen-bond donors (Lipinski definition) is 2. The van der Waals surface area contributed by atoms with Gasteiger partial charge in [0.15, 0.2) is 10.9 Å². The first-order valence-electron chi connectivity index (χ1n) is 5.89. The Morgan fingerprint density at radius 2 is 1.82 bits per heavy atom. The molecule has 0 aliphatic carbocycles. The molecule has 0 aliphatic rings. The number of halogens is 4. The van der Waals surface area contributed by atoms with E-state index in [4.69, 9.17) is 12.2 Å². The zero-order chi connectivity index (χ0) is 16.3.